The molecule has 4 atom stereocenters. The van der Waals surface area contributed by atoms with Crippen LogP contribution in [0.1, 0.15) is 40.0 Å². The van der Waals surface area contributed by atoms with Gasteiger partial charge in [0.25, 0.3) is 0 Å². The van der Waals surface area contributed by atoms with Gasteiger partial charge in [-0.2, -0.15) is 0 Å². The predicted octanol–water partition coefficient (Wildman–Crippen LogP) is 0.696. The monoisotopic (exact) mass is 241 g/mol. The van der Waals surface area contributed by atoms with Crippen LogP contribution in [0.2, 0.25) is 0 Å². The minimum absolute atomic E-state index is 0.00991. The SMILES string of the molecule is C[C@]12C[C@]3(C)C[C@](C)(C1)C(O)(O)[N@+]([O-])(C2)C3=O. The molecule has 1 aliphatic carbocycles. The van der Waals surface area contributed by atoms with Crippen LogP contribution in [0.15, 0.2) is 0 Å². The number of carbonyl (C=O) groups is 1. The largest absolute Gasteiger partial charge is 0.621 e. The van der Waals surface area contributed by atoms with Crippen molar-refractivity contribution in [1.29, 1.82) is 0 Å². The van der Waals surface area contributed by atoms with Crippen molar-refractivity contribution >= 4 is 5.91 Å². The Labute approximate surface area is 100 Å². The van der Waals surface area contributed by atoms with Gasteiger partial charge in [-0.05, 0) is 33.1 Å². The highest BCUT2D eigenvalue weighted by atomic mass is 16.7. The highest BCUT2D eigenvalue weighted by Gasteiger charge is 2.79. The Hall–Kier alpha value is -0.490. The van der Waals surface area contributed by atoms with Gasteiger partial charge in [0.1, 0.15) is 0 Å². The van der Waals surface area contributed by atoms with E-state index in [0.717, 1.165) is 0 Å². The summed E-state index contributed by atoms with van der Waals surface area (Å²) in [5, 5.41) is 33.1. The molecule has 3 saturated heterocycles. The van der Waals surface area contributed by atoms with Gasteiger partial charge in [-0.15, -0.1) is 0 Å². The minimum Gasteiger partial charge on any atom is -0.621 e. The van der Waals surface area contributed by atoms with Crippen LogP contribution in [0.3, 0.4) is 0 Å². The molecule has 5 heteroatoms. The van der Waals surface area contributed by atoms with E-state index in [0.29, 0.717) is 19.3 Å². The van der Waals surface area contributed by atoms with Crippen LogP contribution < -0.4 is 0 Å². The Bertz CT molecular complexity index is 436. The molecule has 3 aliphatic heterocycles. The van der Waals surface area contributed by atoms with Gasteiger partial charge in [-0.1, -0.05) is 6.92 Å². The first-order chi connectivity index (χ1) is 7.48. The third-order valence-electron chi connectivity index (χ3n) is 5.18. The molecule has 3 heterocycles. The van der Waals surface area contributed by atoms with Crippen LogP contribution in [-0.4, -0.2) is 33.2 Å². The Morgan fingerprint density at radius 2 is 1.76 bits per heavy atom. The average molecular weight is 241 g/mol. The first-order valence-corrected chi connectivity index (χ1v) is 6.07. The maximum Gasteiger partial charge on any atom is 0.326 e. The van der Waals surface area contributed by atoms with Crippen molar-refractivity contribution in [1.82, 2.24) is 0 Å². The summed E-state index contributed by atoms with van der Waals surface area (Å²) in [6, 6.07) is 0. The fraction of sp³-hybridized carbons (Fsp3) is 0.917. The Balaban J connectivity index is 2.26. The second-order valence-electron chi connectivity index (χ2n) is 7.30. The van der Waals surface area contributed by atoms with Gasteiger partial charge in [0.15, 0.2) is 0 Å². The first-order valence-electron chi connectivity index (χ1n) is 6.07. The smallest absolute Gasteiger partial charge is 0.326 e. The van der Waals surface area contributed by atoms with Gasteiger partial charge >= 0.3 is 11.8 Å². The van der Waals surface area contributed by atoms with Crippen LogP contribution in [0.25, 0.3) is 0 Å². The van der Waals surface area contributed by atoms with Gasteiger partial charge in [-0.3, -0.25) is 0 Å². The van der Waals surface area contributed by atoms with E-state index in [4.69, 9.17) is 0 Å². The topological polar surface area (TPSA) is 80.6 Å². The number of carbonyl (C=O) groups excluding carboxylic acids is 1. The highest BCUT2D eigenvalue weighted by Crippen LogP contribution is 2.68. The van der Waals surface area contributed by atoms with E-state index in [1.165, 1.54) is 0 Å². The Morgan fingerprint density at radius 1 is 1.18 bits per heavy atom. The molecule has 0 aromatic carbocycles. The summed E-state index contributed by atoms with van der Waals surface area (Å²) >= 11 is 0. The van der Waals surface area contributed by atoms with E-state index in [-0.39, 0.29) is 12.0 Å². The zero-order valence-electron chi connectivity index (χ0n) is 10.5. The molecule has 4 fully saturated rings. The Morgan fingerprint density at radius 3 is 2.35 bits per heavy atom. The fourth-order valence-electron chi connectivity index (χ4n) is 5.17. The predicted molar refractivity (Wildman–Crippen MR) is 58.8 cm³/mol. The third-order valence-corrected chi connectivity index (χ3v) is 5.18. The van der Waals surface area contributed by atoms with E-state index in [2.05, 4.69) is 0 Å². The molecule has 0 unspecified atom stereocenters. The molecule has 0 aromatic heterocycles. The van der Waals surface area contributed by atoms with Gasteiger partial charge in [0.2, 0.25) is 0 Å². The number of hydroxylamine groups is 3. The number of aliphatic hydroxyl groups is 2. The van der Waals surface area contributed by atoms with Crippen molar-refractivity contribution in [2.24, 2.45) is 16.2 Å². The summed E-state index contributed by atoms with van der Waals surface area (Å²) in [7, 11) is 0. The lowest BCUT2D eigenvalue weighted by Gasteiger charge is -2.72. The van der Waals surface area contributed by atoms with E-state index in [1.807, 2.05) is 6.92 Å². The van der Waals surface area contributed by atoms with Crippen molar-refractivity contribution < 1.29 is 19.7 Å². The molecular weight excluding hydrogens is 222 g/mol. The second-order valence-corrected chi connectivity index (χ2v) is 7.30. The molecule has 2 N–H and O–H groups in total. The quantitative estimate of drug-likeness (QED) is 0.371. The Kier molecular flexibility index (Phi) is 1.67. The molecule has 0 aromatic rings. The maximum absolute atomic E-state index is 12.7. The van der Waals surface area contributed by atoms with Crippen LogP contribution in [0, 0.1) is 21.5 Å². The number of nitrogens with zero attached hydrogens (tertiary/aromatic N) is 1. The van der Waals surface area contributed by atoms with Crippen molar-refractivity contribution in [2.45, 2.75) is 45.9 Å². The van der Waals surface area contributed by atoms with Crippen molar-refractivity contribution in [3.63, 3.8) is 0 Å². The first kappa shape index (κ1) is 11.6. The number of hydrogen-bond donors (Lipinski definition) is 2. The summed E-state index contributed by atoms with van der Waals surface area (Å²) in [6.07, 6.45) is 1.68. The molecule has 4 rings (SSSR count). The summed E-state index contributed by atoms with van der Waals surface area (Å²) in [4.78, 5) is 12.3. The van der Waals surface area contributed by atoms with Crippen molar-refractivity contribution in [3.05, 3.63) is 5.21 Å². The summed E-state index contributed by atoms with van der Waals surface area (Å²) in [5.41, 5.74) is -1.84. The van der Waals surface area contributed by atoms with Gasteiger partial charge in [0, 0.05) is 5.41 Å². The fourth-order valence-corrected chi connectivity index (χ4v) is 5.17. The molecule has 5 nitrogen and oxygen atoms in total. The summed E-state index contributed by atoms with van der Waals surface area (Å²) in [6.45, 7) is 5.49. The van der Waals surface area contributed by atoms with Gasteiger partial charge < -0.3 is 15.4 Å². The zero-order valence-corrected chi connectivity index (χ0v) is 10.5. The van der Waals surface area contributed by atoms with Crippen LogP contribution in [0.5, 0.6) is 0 Å². The normalized spacial score (nSPS) is 59.8. The third kappa shape index (κ3) is 0.989. The van der Waals surface area contributed by atoms with Crippen molar-refractivity contribution in [3.8, 4) is 0 Å². The number of quaternary nitrogens is 1. The lowest BCUT2D eigenvalue weighted by atomic mass is 9.47. The molecular formula is C12H19NO4. The van der Waals surface area contributed by atoms with Gasteiger partial charge in [-0.25, -0.2) is 9.44 Å². The van der Waals surface area contributed by atoms with Crippen molar-refractivity contribution in [2.75, 3.05) is 6.54 Å². The highest BCUT2D eigenvalue weighted by molar-refractivity contribution is 5.79. The van der Waals surface area contributed by atoms with E-state index in [1.54, 1.807) is 13.8 Å². The molecule has 96 valence electrons. The molecule has 0 radical (unpaired) electrons. The molecule has 1 amide bonds. The molecule has 0 spiro atoms. The lowest BCUT2D eigenvalue weighted by molar-refractivity contribution is -0.962. The van der Waals surface area contributed by atoms with E-state index in [9.17, 15) is 20.2 Å². The van der Waals surface area contributed by atoms with Crippen LogP contribution in [-0.2, 0) is 4.79 Å². The zero-order chi connectivity index (χ0) is 12.9. The standard InChI is InChI=1S/C12H19NO4/c1-9-4-10(2)6-11(3,5-9)12(15,16)13(17,7-9)8(10)14/h15-16H,4-7H2,1-3H3/t9-,10+,11-,13-/m0/s1. The van der Waals surface area contributed by atoms with E-state index >= 15 is 0 Å². The molecule has 4 bridgehead atoms. The molecule has 4 aliphatic rings. The van der Waals surface area contributed by atoms with Gasteiger partial charge in [0.05, 0.1) is 17.4 Å². The number of hydrogen-bond acceptors (Lipinski definition) is 4. The number of rotatable bonds is 0. The van der Waals surface area contributed by atoms with Crippen LogP contribution >= 0.6 is 0 Å². The van der Waals surface area contributed by atoms with Crippen LogP contribution in [0.4, 0.5) is 0 Å². The summed E-state index contributed by atoms with van der Waals surface area (Å²) in [5.74, 6) is -3.03. The molecule has 17 heavy (non-hydrogen) atoms. The maximum atomic E-state index is 12.7. The lowest BCUT2D eigenvalue weighted by Crippen LogP contribution is -2.85. The number of amides is 1. The van der Waals surface area contributed by atoms with E-state index < -0.39 is 27.3 Å². The number of piperidine rings is 3. The average Bonchev–Trinajstić information content (AvgIpc) is 2.09. The second kappa shape index (κ2) is 2.45. The summed E-state index contributed by atoms with van der Waals surface area (Å²) < 4.78 is -1.48. The minimum atomic E-state index is -2.47. The molecule has 1 saturated carbocycles.